The van der Waals surface area contributed by atoms with Crippen molar-refractivity contribution in [3.05, 3.63) is 33.0 Å². The van der Waals surface area contributed by atoms with E-state index in [1.807, 2.05) is 28.9 Å². The number of nitrogens with one attached hydrogen (secondary N) is 1. The van der Waals surface area contributed by atoms with Gasteiger partial charge >= 0.3 is 0 Å². The molecule has 1 aliphatic heterocycles. The van der Waals surface area contributed by atoms with Crippen molar-refractivity contribution in [2.24, 2.45) is 0 Å². The first-order chi connectivity index (χ1) is 9.65. The lowest BCUT2D eigenvalue weighted by Crippen LogP contribution is -2.32. The van der Waals surface area contributed by atoms with Crippen molar-refractivity contribution in [1.29, 1.82) is 0 Å². The van der Waals surface area contributed by atoms with Gasteiger partial charge in [-0.2, -0.15) is 0 Å². The van der Waals surface area contributed by atoms with E-state index < -0.39 is 0 Å². The van der Waals surface area contributed by atoms with E-state index in [4.69, 9.17) is 0 Å². The molecule has 0 fully saturated rings. The quantitative estimate of drug-likeness (QED) is 0.930. The van der Waals surface area contributed by atoms with Gasteiger partial charge in [-0.25, -0.2) is 4.98 Å². The lowest BCUT2D eigenvalue weighted by molar-refractivity contribution is 0.593. The minimum absolute atomic E-state index is 0.446. The Hall–Kier alpha value is -0.910. The molecule has 0 bridgehead atoms. The van der Waals surface area contributed by atoms with E-state index in [1.165, 1.54) is 10.4 Å². The maximum atomic E-state index is 4.63. The van der Waals surface area contributed by atoms with Crippen LogP contribution in [0.4, 0.5) is 5.13 Å². The molecule has 3 rings (SSSR count). The fourth-order valence-corrected chi connectivity index (χ4v) is 4.52. The van der Waals surface area contributed by atoms with Gasteiger partial charge < -0.3 is 10.2 Å². The standard InChI is InChI=1S/C15H21N3S2/c1-10(2)16-8-12-9-17-15(20-12)18-6-4-14-13(11(18)3)5-7-19-14/h5,7,9-11,16H,4,6,8H2,1-3H3. The average Bonchev–Trinajstić information content (AvgIpc) is 3.05. The van der Waals surface area contributed by atoms with Gasteiger partial charge in [-0.3, -0.25) is 0 Å². The summed E-state index contributed by atoms with van der Waals surface area (Å²) in [5.74, 6) is 0. The fourth-order valence-electron chi connectivity index (χ4n) is 2.59. The van der Waals surface area contributed by atoms with Gasteiger partial charge in [0.1, 0.15) is 0 Å². The number of anilines is 1. The molecule has 0 aliphatic carbocycles. The lowest BCUT2D eigenvalue weighted by Gasteiger charge is -2.33. The van der Waals surface area contributed by atoms with Crippen molar-refractivity contribution in [3.8, 4) is 0 Å². The lowest BCUT2D eigenvalue weighted by atomic mass is 10.0. The van der Waals surface area contributed by atoms with Crippen LogP contribution in [0.25, 0.3) is 0 Å². The van der Waals surface area contributed by atoms with Gasteiger partial charge in [0.25, 0.3) is 0 Å². The third kappa shape index (κ3) is 2.75. The van der Waals surface area contributed by atoms with Crippen LogP contribution in [-0.4, -0.2) is 17.6 Å². The van der Waals surface area contributed by atoms with Gasteiger partial charge in [-0.05, 0) is 30.4 Å². The highest BCUT2D eigenvalue weighted by Crippen LogP contribution is 2.37. The molecule has 108 valence electrons. The fraction of sp³-hybridized carbons (Fsp3) is 0.533. The maximum absolute atomic E-state index is 4.63. The molecule has 0 aromatic carbocycles. The number of thiazole rings is 1. The third-order valence-corrected chi connectivity index (χ3v) is 5.78. The van der Waals surface area contributed by atoms with Gasteiger partial charge in [0, 0.05) is 35.1 Å². The number of thiophene rings is 1. The van der Waals surface area contributed by atoms with Crippen LogP contribution in [0, 0.1) is 0 Å². The van der Waals surface area contributed by atoms with E-state index in [0.717, 1.165) is 24.6 Å². The summed E-state index contributed by atoms with van der Waals surface area (Å²) in [6, 6.07) is 3.23. The van der Waals surface area contributed by atoms with Crippen LogP contribution in [0.15, 0.2) is 17.6 Å². The molecule has 0 saturated heterocycles. The molecule has 0 spiro atoms. The zero-order chi connectivity index (χ0) is 14.1. The molecule has 1 atom stereocenters. The van der Waals surface area contributed by atoms with E-state index >= 15 is 0 Å². The summed E-state index contributed by atoms with van der Waals surface area (Å²) in [5.41, 5.74) is 1.48. The van der Waals surface area contributed by atoms with Crippen LogP contribution >= 0.6 is 22.7 Å². The highest BCUT2D eigenvalue weighted by atomic mass is 32.1. The average molecular weight is 307 g/mol. The SMILES string of the molecule is CC(C)NCc1cnc(N2CCc3sccc3C2C)s1. The van der Waals surface area contributed by atoms with Crippen LogP contribution < -0.4 is 10.2 Å². The van der Waals surface area contributed by atoms with Crippen molar-refractivity contribution in [1.82, 2.24) is 10.3 Å². The van der Waals surface area contributed by atoms with Crippen molar-refractivity contribution >= 4 is 27.8 Å². The molecule has 3 heterocycles. The van der Waals surface area contributed by atoms with E-state index in [0.29, 0.717) is 12.1 Å². The molecule has 1 N–H and O–H groups in total. The third-order valence-electron chi connectivity index (χ3n) is 3.75. The normalized spacial score (nSPS) is 18.6. The van der Waals surface area contributed by atoms with Crippen molar-refractivity contribution in [3.63, 3.8) is 0 Å². The predicted molar refractivity (Wildman–Crippen MR) is 87.9 cm³/mol. The molecule has 5 heteroatoms. The minimum atomic E-state index is 0.446. The Morgan fingerprint density at radius 1 is 1.50 bits per heavy atom. The molecule has 1 unspecified atom stereocenters. The Balaban J connectivity index is 1.74. The molecule has 0 amide bonds. The number of hydrogen-bond acceptors (Lipinski definition) is 5. The molecular formula is C15H21N3S2. The molecule has 2 aromatic heterocycles. The molecule has 3 nitrogen and oxygen atoms in total. The second kappa shape index (κ2) is 5.84. The molecule has 2 aromatic rings. The van der Waals surface area contributed by atoms with Gasteiger partial charge in [0.05, 0.1) is 6.04 Å². The van der Waals surface area contributed by atoms with Crippen LogP contribution in [0.1, 0.15) is 42.1 Å². The van der Waals surface area contributed by atoms with Crippen molar-refractivity contribution < 1.29 is 0 Å². The molecule has 0 saturated carbocycles. The number of fused-ring (bicyclic) bond motifs is 1. The Labute approximate surface area is 128 Å². The van der Waals surface area contributed by atoms with E-state index in [-0.39, 0.29) is 0 Å². The second-order valence-corrected chi connectivity index (χ2v) is 7.66. The Morgan fingerprint density at radius 2 is 2.35 bits per heavy atom. The second-order valence-electron chi connectivity index (χ2n) is 5.56. The van der Waals surface area contributed by atoms with Gasteiger partial charge in [0.15, 0.2) is 5.13 Å². The van der Waals surface area contributed by atoms with E-state index in [2.05, 4.69) is 47.4 Å². The molecule has 20 heavy (non-hydrogen) atoms. The Kier molecular flexibility index (Phi) is 4.10. The molecule has 1 aliphatic rings. The van der Waals surface area contributed by atoms with Crippen LogP contribution in [-0.2, 0) is 13.0 Å². The number of rotatable bonds is 4. The maximum Gasteiger partial charge on any atom is 0.186 e. The van der Waals surface area contributed by atoms with Gasteiger partial charge in [-0.15, -0.1) is 22.7 Å². The van der Waals surface area contributed by atoms with Crippen LogP contribution in [0.3, 0.4) is 0 Å². The first kappa shape index (κ1) is 14.0. The Bertz CT molecular complexity index is 573. The van der Waals surface area contributed by atoms with E-state index in [9.17, 15) is 0 Å². The summed E-state index contributed by atoms with van der Waals surface area (Å²) >= 11 is 3.71. The first-order valence-electron chi connectivity index (χ1n) is 7.16. The summed E-state index contributed by atoms with van der Waals surface area (Å²) in [6.07, 6.45) is 3.17. The number of aromatic nitrogens is 1. The monoisotopic (exact) mass is 307 g/mol. The Morgan fingerprint density at radius 3 is 3.15 bits per heavy atom. The summed E-state index contributed by atoms with van der Waals surface area (Å²) in [7, 11) is 0. The van der Waals surface area contributed by atoms with E-state index in [1.54, 1.807) is 4.88 Å². The molecular weight excluding hydrogens is 286 g/mol. The summed E-state index contributed by atoms with van der Waals surface area (Å²) in [5, 5.41) is 6.83. The van der Waals surface area contributed by atoms with Crippen molar-refractivity contribution in [2.75, 3.05) is 11.4 Å². The highest BCUT2D eigenvalue weighted by molar-refractivity contribution is 7.15. The molecule has 0 radical (unpaired) electrons. The zero-order valence-corrected chi connectivity index (χ0v) is 13.9. The predicted octanol–water partition coefficient (Wildman–Crippen LogP) is 3.83. The first-order valence-corrected chi connectivity index (χ1v) is 8.85. The topological polar surface area (TPSA) is 28.2 Å². The minimum Gasteiger partial charge on any atom is -0.341 e. The number of nitrogens with zero attached hydrogens (tertiary/aromatic N) is 2. The number of hydrogen-bond donors (Lipinski definition) is 1. The summed E-state index contributed by atoms with van der Waals surface area (Å²) in [6.45, 7) is 8.64. The van der Waals surface area contributed by atoms with Crippen LogP contribution in [0.2, 0.25) is 0 Å². The van der Waals surface area contributed by atoms with Crippen LogP contribution in [0.5, 0.6) is 0 Å². The largest absolute Gasteiger partial charge is 0.341 e. The van der Waals surface area contributed by atoms with Gasteiger partial charge in [0.2, 0.25) is 0 Å². The summed E-state index contributed by atoms with van der Waals surface area (Å²) in [4.78, 5) is 9.94. The highest BCUT2D eigenvalue weighted by Gasteiger charge is 2.26. The summed E-state index contributed by atoms with van der Waals surface area (Å²) < 4.78 is 0. The zero-order valence-electron chi connectivity index (χ0n) is 12.2. The van der Waals surface area contributed by atoms with Gasteiger partial charge in [-0.1, -0.05) is 13.8 Å². The smallest absolute Gasteiger partial charge is 0.186 e. The van der Waals surface area contributed by atoms with Crippen molar-refractivity contribution in [2.45, 2.75) is 45.8 Å².